The van der Waals surface area contributed by atoms with E-state index in [1.54, 1.807) is 6.07 Å². The van der Waals surface area contributed by atoms with Gasteiger partial charge >= 0.3 is 5.97 Å². The van der Waals surface area contributed by atoms with Gasteiger partial charge < -0.3 is 10.4 Å². The van der Waals surface area contributed by atoms with E-state index in [0.29, 0.717) is 29.5 Å². The van der Waals surface area contributed by atoms with Gasteiger partial charge in [0.2, 0.25) is 0 Å². The quantitative estimate of drug-likeness (QED) is 0.876. The van der Waals surface area contributed by atoms with Gasteiger partial charge in [-0.1, -0.05) is 30.7 Å². The lowest BCUT2D eigenvalue weighted by atomic mass is 9.77. The zero-order valence-corrected chi connectivity index (χ0v) is 11.2. The third-order valence-electron chi connectivity index (χ3n) is 3.79. The summed E-state index contributed by atoms with van der Waals surface area (Å²) in [6, 6.07) is 7.29. The molecule has 2 rings (SSSR count). The Balaban J connectivity index is 2.22. The van der Waals surface area contributed by atoms with Crippen LogP contribution in [-0.4, -0.2) is 16.6 Å². The fourth-order valence-electron chi connectivity index (χ4n) is 2.47. The normalized spacial score (nSPS) is 27.8. The van der Waals surface area contributed by atoms with E-state index < -0.39 is 11.5 Å². The number of anilines is 1. The lowest BCUT2D eigenvalue weighted by molar-refractivity contribution is -0.143. The molecule has 1 aliphatic rings. The summed E-state index contributed by atoms with van der Waals surface area (Å²) in [6.45, 7) is 2.17. The number of halogens is 1. The fourth-order valence-corrected chi connectivity index (χ4v) is 2.65. The van der Waals surface area contributed by atoms with Crippen LogP contribution in [0.1, 0.15) is 32.6 Å². The van der Waals surface area contributed by atoms with E-state index in [4.69, 9.17) is 11.6 Å². The molecule has 0 atom stereocenters. The van der Waals surface area contributed by atoms with E-state index in [1.807, 2.05) is 18.2 Å². The first-order chi connectivity index (χ1) is 8.53. The smallest absolute Gasteiger partial charge is 0.329 e. The van der Waals surface area contributed by atoms with Crippen LogP contribution >= 0.6 is 11.6 Å². The third kappa shape index (κ3) is 2.61. The molecule has 0 unspecified atom stereocenters. The van der Waals surface area contributed by atoms with Crippen LogP contribution in [0.3, 0.4) is 0 Å². The Morgan fingerprint density at radius 2 is 2.00 bits per heavy atom. The van der Waals surface area contributed by atoms with Gasteiger partial charge in [-0.05, 0) is 43.7 Å². The molecule has 0 spiro atoms. The lowest BCUT2D eigenvalue weighted by Crippen LogP contribution is -2.48. The van der Waals surface area contributed by atoms with Gasteiger partial charge in [-0.3, -0.25) is 0 Å². The zero-order chi connectivity index (χ0) is 13.2. The molecule has 4 heteroatoms. The van der Waals surface area contributed by atoms with E-state index in [9.17, 15) is 9.90 Å². The molecule has 1 aromatic rings. The molecule has 0 saturated heterocycles. The van der Waals surface area contributed by atoms with Crippen LogP contribution in [0.2, 0.25) is 5.02 Å². The van der Waals surface area contributed by atoms with Gasteiger partial charge in [0.05, 0.1) is 10.7 Å². The van der Waals surface area contributed by atoms with Crippen molar-refractivity contribution in [3.63, 3.8) is 0 Å². The van der Waals surface area contributed by atoms with Gasteiger partial charge in [0, 0.05) is 0 Å². The van der Waals surface area contributed by atoms with Crippen molar-refractivity contribution in [1.29, 1.82) is 0 Å². The van der Waals surface area contributed by atoms with Crippen molar-refractivity contribution in [3.8, 4) is 0 Å². The highest BCUT2D eigenvalue weighted by atomic mass is 35.5. The molecule has 1 aliphatic carbocycles. The van der Waals surface area contributed by atoms with Crippen molar-refractivity contribution in [3.05, 3.63) is 29.3 Å². The Hall–Kier alpha value is -1.22. The summed E-state index contributed by atoms with van der Waals surface area (Å²) in [5.41, 5.74) is -0.159. The van der Waals surface area contributed by atoms with E-state index >= 15 is 0 Å². The zero-order valence-electron chi connectivity index (χ0n) is 10.4. The SMILES string of the molecule is CC1CCC(Nc2ccccc2Cl)(C(=O)O)CC1. The maximum atomic E-state index is 11.6. The number of nitrogens with one attached hydrogen (secondary N) is 1. The Kier molecular flexibility index (Phi) is 3.81. The van der Waals surface area contributed by atoms with Gasteiger partial charge in [-0.15, -0.1) is 0 Å². The highest BCUT2D eigenvalue weighted by Gasteiger charge is 2.41. The van der Waals surface area contributed by atoms with Crippen LogP contribution < -0.4 is 5.32 Å². The topological polar surface area (TPSA) is 49.3 Å². The molecule has 1 saturated carbocycles. The predicted molar refractivity (Wildman–Crippen MR) is 73.1 cm³/mol. The Bertz CT molecular complexity index is 439. The first kappa shape index (κ1) is 13.2. The van der Waals surface area contributed by atoms with Crippen molar-refractivity contribution in [1.82, 2.24) is 0 Å². The van der Waals surface area contributed by atoms with Gasteiger partial charge in [0.25, 0.3) is 0 Å². The van der Waals surface area contributed by atoms with Crippen LogP contribution in [0, 0.1) is 5.92 Å². The first-order valence-electron chi connectivity index (χ1n) is 6.30. The molecule has 0 heterocycles. The minimum atomic E-state index is -0.864. The summed E-state index contributed by atoms with van der Waals surface area (Å²) in [5.74, 6) is -0.181. The van der Waals surface area contributed by atoms with E-state index in [-0.39, 0.29) is 0 Å². The van der Waals surface area contributed by atoms with Crippen molar-refractivity contribution in [2.75, 3.05) is 5.32 Å². The monoisotopic (exact) mass is 267 g/mol. The van der Waals surface area contributed by atoms with Crippen molar-refractivity contribution < 1.29 is 9.90 Å². The van der Waals surface area contributed by atoms with Crippen LogP contribution in [0.4, 0.5) is 5.69 Å². The molecule has 98 valence electrons. The summed E-state index contributed by atoms with van der Waals surface area (Å²) in [4.78, 5) is 11.6. The summed E-state index contributed by atoms with van der Waals surface area (Å²) in [6.07, 6.45) is 3.16. The molecule has 1 aromatic carbocycles. The van der Waals surface area contributed by atoms with Gasteiger partial charge in [0.15, 0.2) is 0 Å². The van der Waals surface area contributed by atoms with Crippen molar-refractivity contribution in [2.24, 2.45) is 5.92 Å². The molecule has 2 N–H and O–H groups in total. The summed E-state index contributed by atoms with van der Waals surface area (Å²) in [5, 5.41) is 13.2. The van der Waals surface area contributed by atoms with Gasteiger partial charge in [-0.25, -0.2) is 4.79 Å². The summed E-state index contributed by atoms with van der Waals surface area (Å²) in [7, 11) is 0. The minimum Gasteiger partial charge on any atom is -0.480 e. The number of aliphatic carboxylic acids is 1. The van der Waals surface area contributed by atoms with E-state index in [1.165, 1.54) is 0 Å². The molecule has 0 aromatic heterocycles. The van der Waals surface area contributed by atoms with Crippen LogP contribution in [-0.2, 0) is 4.79 Å². The fraction of sp³-hybridized carbons (Fsp3) is 0.500. The summed E-state index contributed by atoms with van der Waals surface area (Å²) < 4.78 is 0. The minimum absolute atomic E-state index is 0.566. The molecule has 3 nitrogen and oxygen atoms in total. The number of carbonyl (C=O) groups is 1. The highest BCUT2D eigenvalue weighted by Crippen LogP contribution is 2.36. The largest absolute Gasteiger partial charge is 0.480 e. The molecule has 0 bridgehead atoms. The van der Waals surface area contributed by atoms with Crippen LogP contribution in [0.5, 0.6) is 0 Å². The third-order valence-corrected chi connectivity index (χ3v) is 4.11. The number of para-hydroxylation sites is 1. The first-order valence-corrected chi connectivity index (χ1v) is 6.67. The standard InChI is InChI=1S/C14H18ClNO2/c1-10-6-8-14(9-7-10,13(17)18)16-12-5-3-2-4-11(12)15/h2-5,10,16H,6-9H2,1H3,(H,17,18). The Morgan fingerprint density at radius 1 is 1.39 bits per heavy atom. The molecule has 1 fully saturated rings. The highest BCUT2D eigenvalue weighted by molar-refractivity contribution is 6.33. The average molecular weight is 268 g/mol. The lowest BCUT2D eigenvalue weighted by Gasteiger charge is -2.37. The van der Waals surface area contributed by atoms with E-state index in [2.05, 4.69) is 12.2 Å². The van der Waals surface area contributed by atoms with Crippen LogP contribution in [0.15, 0.2) is 24.3 Å². The van der Waals surface area contributed by atoms with Crippen LogP contribution in [0.25, 0.3) is 0 Å². The molecule has 0 amide bonds. The van der Waals surface area contributed by atoms with Crippen molar-refractivity contribution >= 4 is 23.3 Å². The molecular formula is C14H18ClNO2. The second-order valence-electron chi connectivity index (χ2n) is 5.17. The Morgan fingerprint density at radius 3 is 2.56 bits per heavy atom. The molecule has 0 radical (unpaired) electrons. The summed E-state index contributed by atoms with van der Waals surface area (Å²) >= 11 is 6.08. The maximum absolute atomic E-state index is 11.6. The Labute approximate surface area is 112 Å². The molecule has 0 aliphatic heterocycles. The predicted octanol–water partition coefficient (Wildman–Crippen LogP) is 3.79. The van der Waals surface area contributed by atoms with Gasteiger partial charge in [-0.2, -0.15) is 0 Å². The molecule has 18 heavy (non-hydrogen) atoms. The number of hydrogen-bond donors (Lipinski definition) is 2. The number of rotatable bonds is 3. The number of carboxylic acid groups (broad SMARTS) is 1. The molecular weight excluding hydrogens is 250 g/mol. The number of benzene rings is 1. The van der Waals surface area contributed by atoms with Crippen molar-refractivity contribution in [2.45, 2.75) is 38.1 Å². The average Bonchev–Trinajstić information content (AvgIpc) is 2.35. The second-order valence-corrected chi connectivity index (χ2v) is 5.58. The van der Waals surface area contributed by atoms with Gasteiger partial charge in [0.1, 0.15) is 5.54 Å². The second kappa shape index (κ2) is 5.19. The number of carboxylic acids is 1. The maximum Gasteiger partial charge on any atom is 0.329 e. The van der Waals surface area contributed by atoms with E-state index in [0.717, 1.165) is 12.8 Å². The number of hydrogen-bond acceptors (Lipinski definition) is 2.